The number of hydrogen-bond donors (Lipinski definition) is 0. The number of likely N-dealkylation sites (tertiary alicyclic amines) is 1. The van der Waals surface area contributed by atoms with E-state index in [4.69, 9.17) is 9.40 Å². The van der Waals surface area contributed by atoms with E-state index in [-0.39, 0.29) is 5.92 Å². The van der Waals surface area contributed by atoms with Gasteiger partial charge in [-0.2, -0.15) is 0 Å². The fraction of sp³-hybridized carbons (Fsp3) is 0.267. The van der Waals surface area contributed by atoms with Crippen LogP contribution in [0.2, 0.25) is 0 Å². The molecule has 1 amide bonds. The van der Waals surface area contributed by atoms with E-state index in [2.05, 4.69) is 73.9 Å². The summed E-state index contributed by atoms with van der Waals surface area (Å²) in [6.07, 6.45) is 4.90. The molecule has 0 N–H and O–H groups in total. The van der Waals surface area contributed by atoms with E-state index >= 15 is 0 Å². The van der Waals surface area contributed by atoms with E-state index in [1.165, 1.54) is 0 Å². The van der Waals surface area contributed by atoms with E-state index in [0.29, 0.717) is 11.8 Å². The Kier molecular flexibility index (Phi) is 5.24. The standard InChI is InChI=1S/C30H26BrN3O2/c31-25-2-1-3-26-28(25)34(18-19-12-14-33(17-19)30(35)22-8-9-22)29(32-26)21-6-4-20(5-7-21)23-10-11-27-24(16-23)13-15-36-27/h1-7,10-11,13,15-16,19,22H,8-9,12,14,17-18H2. The molecule has 7 rings (SSSR count). The number of hydrogen-bond acceptors (Lipinski definition) is 3. The number of aromatic nitrogens is 2. The Bertz CT molecular complexity index is 1600. The fourth-order valence-corrected chi connectivity index (χ4v) is 6.10. The Balaban J connectivity index is 1.22. The number of halogens is 1. The average molecular weight is 540 g/mol. The van der Waals surface area contributed by atoms with Crippen LogP contribution in [0.4, 0.5) is 0 Å². The molecule has 0 bridgehead atoms. The molecule has 0 radical (unpaired) electrons. The molecular formula is C30H26BrN3O2. The molecule has 1 aliphatic heterocycles. The van der Waals surface area contributed by atoms with E-state index in [1.807, 2.05) is 18.2 Å². The van der Waals surface area contributed by atoms with E-state index < -0.39 is 0 Å². The van der Waals surface area contributed by atoms with Crippen molar-refractivity contribution in [3.63, 3.8) is 0 Å². The number of amides is 1. The van der Waals surface area contributed by atoms with E-state index in [1.54, 1.807) is 6.26 Å². The fourth-order valence-electron chi connectivity index (χ4n) is 5.53. The second kappa shape index (κ2) is 8.63. The number of carbonyl (C=O) groups excluding carboxylic acids is 1. The van der Waals surface area contributed by atoms with Crippen LogP contribution in [0.15, 0.2) is 81.9 Å². The molecule has 1 saturated heterocycles. The van der Waals surface area contributed by atoms with Crippen LogP contribution in [0, 0.1) is 11.8 Å². The zero-order chi connectivity index (χ0) is 24.2. The van der Waals surface area contributed by atoms with E-state index in [9.17, 15) is 4.79 Å². The van der Waals surface area contributed by atoms with Gasteiger partial charge in [0.15, 0.2) is 0 Å². The molecule has 2 fully saturated rings. The van der Waals surface area contributed by atoms with Gasteiger partial charge in [0.1, 0.15) is 11.4 Å². The maximum Gasteiger partial charge on any atom is 0.225 e. The first-order valence-electron chi connectivity index (χ1n) is 12.7. The summed E-state index contributed by atoms with van der Waals surface area (Å²) in [4.78, 5) is 19.8. The van der Waals surface area contributed by atoms with Gasteiger partial charge in [-0.15, -0.1) is 0 Å². The normalized spacial score (nSPS) is 17.9. The van der Waals surface area contributed by atoms with Crippen LogP contribution < -0.4 is 0 Å². The van der Waals surface area contributed by atoms with Gasteiger partial charge in [0.2, 0.25) is 5.91 Å². The van der Waals surface area contributed by atoms with Crippen LogP contribution in [0.25, 0.3) is 44.5 Å². The van der Waals surface area contributed by atoms with Crippen LogP contribution in [-0.4, -0.2) is 33.4 Å². The number of para-hydroxylation sites is 1. The van der Waals surface area contributed by atoms with Crippen LogP contribution in [0.5, 0.6) is 0 Å². The minimum Gasteiger partial charge on any atom is -0.464 e. The van der Waals surface area contributed by atoms with Crippen molar-refractivity contribution in [2.45, 2.75) is 25.8 Å². The largest absolute Gasteiger partial charge is 0.464 e. The highest BCUT2D eigenvalue weighted by Gasteiger charge is 2.36. The third kappa shape index (κ3) is 3.84. The SMILES string of the molecule is O=C(C1CC1)N1CCC(Cn2c(-c3ccc(-c4ccc5occc5c4)cc3)nc3cccc(Br)c32)C1. The van der Waals surface area contributed by atoms with Crippen molar-refractivity contribution in [3.8, 4) is 22.5 Å². The average Bonchev–Trinajstić information content (AvgIpc) is 3.29. The number of fused-ring (bicyclic) bond motifs is 2. The van der Waals surface area contributed by atoms with Crippen LogP contribution >= 0.6 is 15.9 Å². The van der Waals surface area contributed by atoms with Crippen molar-refractivity contribution in [2.75, 3.05) is 13.1 Å². The zero-order valence-corrected chi connectivity index (χ0v) is 21.4. The molecule has 3 aromatic carbocycles. The second-order valence-electron chi connectivity index (χ2n) is 10.1. The minimum atomic E-state index is 0.287. The topological polar surface area (TPSA) is 51.3 Å². The molecule has 2 aromatic heterocycles. The quantitative estimate of drug-likeness (QED) is 0.238. The lowest BCUT2D eigenvalue weighted by atomic mass is 10.0. The van der Waals surface area contributed by atoms with Gasteiger partial charge in [0, 0.05) is 41.0 Å². The van der Waals surface area contributed by atoms with Gasteiger partial charge in [-0.25, -0.2) is 4.98 Å². The van der Waals surface area contributed by atoms with Gasteiger partial charge >= 0.3 is 0 Å². The summed E-state index contributed by atoms with van der Waals surface area (Å²) in [7, 11) is 0. The van der Waals surface area contributed by atoms with Crippen LogP contribution in [0.3, 0.4) is 0 Å². The maximum absolute atomic E-state index is 12.6. The third-order valence-electron chi connectivity index (χ3n) is 7.61. The van der Waals surface area contributed by atoms with Crippen molar-refractivity contribution < 1.29 is 9.21 Å². The Morgan fingerprint density at radius 1 is 0.972 bits per heavy atom. The van der Waals surface area contributed by atoms with Crippen molar-refractivity contribution in [2.24, 2.45) is 11.8 Å². The predicted octanol–water partition coefficient (Wildman–Crippen LogP) is 7.14. The Hall–Kier alpha value is -3.38. The number of furan rings is 1. The molecule has 36 heavy (non-hydrogen) atoms. The molecule has 1 unspecified atom stereocenters. The molecule has 1 atom stereocenters. The molecule has 180 valence electrons. The van der Waals surface area contributed by atoms with Gasteiger partial charge in [0.25, 0.3) is 0 Å². The number of nitrogens with zero attached hydrogens (tertiary/aromatic N) is 3. The van der Waals surface area contributed by atoms with Crippen molar-refractivity contribution >= 4 is 43.8 Å². The first kappa shape index (κ1) is 21.9. The molecule has 3 heterocycles. The second-order valence-corrected chi connectivity index (χ2v) is 11.0. The monoisotopic (exact) mass is 539 g/mol. The smallest absolute Gasteiger partial charge is 0.225 e. The van der Waals surface area contributed by atoms with Crippen LogP contribution in [0.1, 0.15) is 19.3 Å². The summed E-state index contributed by atoms with van der Waals surface area (Å²) in [6.45, 7) is 2.56. The molecule has 1 aliphatic carbocycles. The maximum atomic E-state index is 12.6. The molecule has 1 saturated carbocycles. The summed E-state index contributed by atoms with van der Waals surface area (Å²) in [5.41, 5.74) is 6.43. The number of imidazole rings is 1. The Morgan fingerprint density at radius 2 is 1.78 bits per heavy atom. The Morgan fingerprint density at radius 3 is 2.61 bits per heavy atom. The highest BCUT2D eigenvalue weighted by molar-refractivity contribution is 9.10. The summed E-state index contributed by atoms with van der Waals surface area (Å²) in [6, 6.07) is 23.1. The summed E-state index contributed by atoms with van der Waals surface area (Å²) >= 11 is 3.77. The summed E-state index contributed by atoms with van der Waals surface area (Å²) in [5, 5.41) is 1.11. The van der Waals surface area contributed by atoms with Gasteiger partial charge < -0.3 is 13.9 Å². The van der Waals surface area contributed by atoms with Gasteiger partial charge in [-0.3, -0.25) is 4.79 Å². The van der Waals surface area contributed by atoms with Crippen molar-refractivity contribution in [3.05, 3.63) is 77.5 Å². The summed E-state index contributed by atoms with van der Waals surface area (Å²) < 4.78 is 8.89. The Labute approximate surface area is 217 Å². The molecular weight excluding hydrogens is 514 g/mol. The van der Waals surface area contributed by atoms with E-state index in [0.717, 1.165) is 87.9 Å². The predicted molar refractivity (Wildman–Crippen MR) is 145 cm³/mol. The highest BCUT2D eigenvalue weighted by atomic mass is 79.9. The van der Waals surface area contributed by atoms with Gasteiger partial charge in [0.05, 0.1) is 17.3 Å². The number of carbonyl (C=O) groups is 1. The van der Waals surface area contributed by atoms with Crippen molar-refractivity contribution in [1.82, 2.24) is 14.5 Å². The lowest BCUT2D eigenvalue weighted by Gasteiger charge is -2.18. The number of benzene rings is 3. The zero-order valence-electron chi connectivity index (χ0n) is 19.9. The summed E-state index contributed by atoms with van der Waals surface area (Å²) in [5.74, 6) is 2.05. The van der Waals surface area contributed by atoms with Crippen LogP contribution in [-0.2, 0) is 11.3 Å². The lowest BCUT2D eigenvalue weighted by Crippen LogP contribution is -2.30. The minimum absolute atomic E-state index is 0.287. The van der Waals surface area contributed by atoms with Gasteiger partial charge in [-0.05, 0) is 82.6 Å². The van der Waals surface area contributed by atoms with Gasteiger partial charge in [-0.1, -0.05) is 36.4 Å². The molecule has 6 heteroatoms. The third-order valence-corrected chi connectivity index (χ3v) is 8.25. The first-order valence-corrected chi connectivity index (χ1v) is 13.4. The molecule has 0 spiro atoms. The molecule has 2 aliphatic rings. The van der Waals surface area contributed by atoms with Crippen molar-refractivity contribution in [1.29, 1.82) is 0 Å². The first-order chi connectivity index (χ1) is 17.6. The number of rotatable bonds is 5. The highest BCUT2D eigenvalue weighted by Crippen LogP contribution is 2.36. The lowest BCUT2D eigenvalue weighted by molar-refractivity contribution is -0.131. The molecule has 5 nitrogen and oxygen atoms in total. The molecule has 5 aromatic rings.